The molecule has 1 rings (SSSR count). The average molecular weight is 240 g/mol. The molecule has 0 heterocycles. The van der Waals surface area contributed by atoms with Crippen LogP contribution in [0.4, 0.5) is 0 Å². The topological polar surface area (TPSA) is 62.4 Å². The summed E-state index contributed by atoms with van der Waals surface area (Å²) >= 11 is 0. The summed E-state index contributed by atoms with van der Waals surface area (Å²) in [7, 11) is 0. The number of nitrogens with one attached hydrogen (secondary N) is 2. The maximum Gasteiger partial charge on any atom is 0.205 e. The lowest BCUT2D eigenvalue weighted by molar-refractivity contribution is 0.383. The van der Waals surface area contributed by atoms with Crippen LogP contribution in [-0.2, 0) is 0 Å². The fraction of sp³-hybridized carbons (Fsp3) is 0.923. The molecule has 1 aliphatic rings. The van der Waals surface area contributed by atoms with Crippen molar-refractivity contribution in [2.24, 2.45) is 16.3 Å². The van der Waals surface area contributed by atoms with Crippen molar-refractivity contribution in [3.05, 3.63) is 0 Å². The summed E-state index contributed by atoms with van der Waals surface area (Å²) in [6, 6.07) is 0.549. The molecular weight excluding hydrogens is 212 g/mol. The fourth-order valence-corrected chi connectivity index (χ4v) is 2.08. The number of hydrogen-bond donors (Lipinski definition) is 3. The summed E-state index contributed by atoms with van der Waals surface area (Å²) in [5, 5.41) is 3.41. The zero-order chi connectivity index (χ0) is 12.7. The third kappa shape index (κ3) is 6.51. The second-order valence-electron chi connectivity index (χ2n) is 6.16. The Balaban J connectivity index is 2.33. The molecule has 0 atom stereocenters. The van der Waals surface area contributed by atoms with Crippen molar-refractivity contribution in [1.29, 1.82) is 0 Å². The molecule has 0 spiro atoms. The normalized spacial score (nSPS) is 19.2. The van der Waals surface area contributed by atoms with Crippen LogP contribution >= 0.6 is 0 Å². The standard InChI is InChI=1S/C13H28N4/c1-13(2,3)9-10-15-12(17-14)16-11-7-5-4-6-8-11/h11H,4-10,14H2,1-3H3,(H2,15,16,17). The van der Waals surface area contributed by atoms with Gasteiger partial charge in [0.25, 0.3) is 0 Å². The zero-order valence-electron chi connectivity index (χ0n) is 11.6. The van der Waals surface area contributed by atoms with Crippen LogP contribution < -0.4 is 16.6 Å². The third-order valence-electron chi connectivity index (χ3n) is 3.21. The monoisotopic (exact) mass is 240 g/mol. The number of hydrogen-bond acceptors (Lipinski definition) is 2. The second kappa shape index (κ2) is 6.84. The van der Waals surface area contributed by atoms with Crippen molar-refractivity contribution >= 4 is 5.96 Å². The van der Waals surface area contributed by atoms with Gasteiger partial charge in [-0.1, -0.05) is 40.0 Å². The van der Waals surface area contributed by atoms with Crippen LogP contribution in [0.1, 0.15) is 59.3 Å². The van der Waals surface area contributed by atoms with Gasteiger partial charge in [-0.3, -0.25) is 10.4 Å². The highest BCUT2D eigenvalue weighted by Gasteiger charge is 2.14. The maximum atomic E-state index is 5.50. The van der Waals surface area contributed by atoms with Crippen molar-refractivity contribution in [3.63, 3.8) is 0 Å². The highest BCUT2D eigenvalue weighted by Crippen LogP contribution is 2.18. The Morgan fingerprint density at radius 2 is 1.88 bits per heavy atom. The van der Waals surface area contributed by atoms with Crippen LogP contribution in [0.25, 0.3) is 0 Å². The van der Waals surface area contributed by atoms with E-state index in [4.69, 9.17) is 5.84 Å². The molecule has 1 fully saturated rings. The van der Waals surface area contributed by atoms with Gasteiger partial charge in [-0.25, -0.2) is 5.84 Å². The lowest BCUT2D eigenvalue weighted by atomic mass is 9.92. The molecule has 0 radical (unpaired) electrons. The van der Waals surface area contributed by atoms with E-state index in [0.29, 0.717) is 11.5 Å². The molecule has 1 aliphatic carbocycles. The number of nitrogens with zero attached hydrogens (tertiary/aromatic N) is 1. The van der Waals surface area contributed by atoms with Crippen LogP contribution in [0, 0.1) is 5.41 Å². The molecule has 17 heavy (non-hydrogen) atoms. The number of hydrazine groups is 1. The van der Waals surface area contributed by atoms with Crippen molar-refractivity contribution < 1.29 is 0 Å². The lowest BCUT2D eigenvalue weighted by Crippen LogP contribution is -2.47. The van der Waals surface area contributed by atoms with Gasteiger partial charge in [0.15, 0.2) is 0 Å². The molecule has 1 saturated carbocycles. The molecule has 0 amide bonds. The first-order valence-corrected chi connectivity index (χ1v) is 6.79. The van der Waals surface area contributed by atoms with Gasteiger partial charge in [-0.15, -0.1) is 0 Å². The molecule has 4 heteroatoms. The summed E-state index contributed by atoms with van der Waals surface area (Å²) in [4.78, 5) is 4.49. The molecule has 0 aliphatic heterocycles. The minimum atomic E-state index is 0.327. The molecule has 4 nitrogen and oxygen atoms in total. The van der Waals surface area contributed by atoms with E-state index < -0.39 is 0 Å². The SMILES string of the molecule is CC(C)(C)CCN=C(NN)NC1CCCCC1. The quantitative estimate of drug-likeness (QED) is 0.307. The largest absolute Gasteiger partial charge is 0.353 e. The van der Waals surface area contributed by atoms with Crippen molar-refractivity contribution in [2.75, 3.05) is 6.54 Å². The van der Waals surface area contributed by atoms with E-state index in [1.165, 1.54) is 32.1 Å². The molecule has 4 N–H and O–H groups in total. The molecular formula is C13H28N4. The van der Waals surface area contributed by atoms with E-state index >= 15 is 0 Å². The Hall–Kier alpha value is -0.770. The van der Waals surface area contributed by atoms with Crippen molar-refractivity contribution in [2.45, 2.75) is 65.3 Å². The number of guanidine groups is 1. The van der Waals surface area contributed by atoms with Gasteiger partial charge in [0.1, 0.15) is 0 Å². The van der Waals surface area contributed by atoms with Gasteiger partial charge in [0.2, 0.25) is 5.96 Å². The Morgan fingerprint density at radius 3 is 2.41 bits per heavy atom. The predicted molar refractivity (Wildman–Crippen MR) is 73.7 cm³/mol. The summed E-state index contributed by atoms with van der Waals surface area (Å²) in [5.41, 5.74) is 3.00. The summed E-state index contributed by atoms with van der Waals surface area (Å²) < 4.78 is 0. The highest BCUT2D eigenvalue weighted by molar-refractivity contribution is 5.79. The second-order valence-corrected chi connectivity index (χ2v) is 6.16. The van der Waals surface area contributed by atoms with Gasteiger partial charge >= 0.3 is 0 Å². The molecule has 0 saturated heterocycles. The van der Waals surface area contributed by atoms with E-state index in [1.807, 2.05) is 0 Å². The fourth-order valence-electron chi connectivity index (χ4n) is 2.08. The molecule has 0 unspecified atom stereocenters. The molecule has 0 aromatic carbocycles. The maximum absolute atomic E-state index is 5.50. The van der Waals surface area contributed by atoms with Gasteiger partial charge in [-0.2, -0.15) is 0 Å². The van der Waals surface area contributed by atoms with E-state index in [0.717, 1.165) is 18.9 Å². The smallest absolute Gasteiger partial charge is 0.205 e. The van der Waals surface area contributed by atoms with Gasteiger partial charge in [-0.05, 0) is 24.7 Å². The molecule has 100 valence electrons. The van der Waals surface area contributed by atoms with E-state index in [2.05, 4.69) is 36.5 Å². The van der Waals surface area contributed by atoms with Crippen LogP contribution in [0.3, 0.4) is 0 Å². The lowest BCUT2D eigenvalue weighted by Gasteiger charge is -2.24. The Morgan fingerprint density at radius 1 is 1.24 bits per heavy atom. The van der Waals surface area contributed by atoms with Gasteiger partial charge < -0.3 is 5.32 Å². The first kappa shape index (κ1) is 14.3. The van der Waals surface area contributed by atoms with Crippen molar-refractivity contribution in [1.82, 2.24) is 10.7 Å². The minimum Gasteiger partial charge on any atom is -0.353 e. The molecule has 0 aromatic heterocycles. The number of rotatable bonds is 3. The summed E-state index contributed by atoms with van der Waals surface area (Å²) in [5.74, 6) is 6.25. The van der Waals surface area contributed by atoms with E-state index in [9.17, 15) is 0 Å². The Bertz CT molecular complexity index is 236. The van der Waals surface area contributed by atoms with Crippen molar-refractivity contribution in [3.8, 4) is 0 Å². The average Bonchev–Trinajstić information content (AvgIpc) is 2.27. The first-order valence-electron chi connectivity index (χ1n) is 6.79. The zero-order valence-corrected chi connectivity index (χ0v) is 11.6. The predicted octanol–water partition coefficient (Wildman–Crippen LogP) is 2.16. The first-order chi connectivity index (χ1) is 8.01. The minimum absolute atomic E-state index is 0.327. The molecule has 0 aromatic rings. The Labute approximate surface area is 105 Å². The van der Waals surface area contributed by atoms with E-state index in [1.54, 1.807) is 0 Å². The highest BCUT2D eigenvalue weighted by atomic mass is 15.3. The van der Waals surface area contributed by atoms with Gasteiger partial charge in [0, 0.05) is 12.6 Å². The van der Waals surface area contributed by atoms with Crippen LogP contribution in [0.15, 0.2) is 4.99 Å². The summed E-state index contributed by atoms with van der Waals surface area (Å²) in [6.45, 7) is 7.51. The summed E-state index contributed by atoms with van der Waals surface area (Å²) in [6.07, 6.45) is 7.55. The molecule has 0 bridgehead atoms. The van der Waals surface area contributed by atoms with Gasteiger partial charge in [0.05, 0.1) is 0 Å². The third-order valence-corrected chi connectivity index (χ3v) is 3.21. The number of aliphatic imine (C=N–C) groups is 1. The van der Waals surface area contributed by atoms with E-state index in [-0.39, 0.29) is 0 Å². The van der Waals surface area contributed by atoms with Crippen LogP contribution in [-0.4, -0.2) is 18.5 Å². The van der Waals surface area contributed by atoms with Crippen LogP contribution in [0.2, 0.25) is 0 Å². The number of nitrogens with two attached hydrogens (primary N) is 1. The Kier molecular flexibility index (Phi) is 5.75. The van der Waals surface area contributed by atoms with Crippen LogP contribution in [0.5, 0.6) is 0 Å².